The van der Waals surface area contributed by atoms with E-state index in [4.69, 9.17) is 11.6 Å². The molecule has 4 nitrogen and oxygen atoms in total. The molecule has 136 valence electrons. The third-order valence-corrected chi connectivity index (χ3v) is 4.98. The number of carbonyl (C=O) groups is 2. The molecule has 26 heavy (non-hydrogen) atoms. The van der Waals surface area contributed by atoms with E-state index in [1.807, 2.05) is 36.4 Å². The molecule has 3 rings (SSSR count). The summed E-state index contributed by atoms with van der Waals surface area (Å²) < 4.78 is 0. The SMILES string of the molecule is CC(C)(C)c1ccc(NC(=O)C2CC(=O)N(c3ccccc3Cl)C2)cc1. The number of hydrogen-bond donors (Lipinski definition) is 1. The Morgan fingerprint density at radius 3 is 2.38 bits per heavy atom. The minimum Gasteiger partial charge on any atom is -0.326 e. The second kappa shape index (κ2) is 7.12. The predicted molar refractivity (Wildman–Crippen MR) is 106 cm³/mol. The number of nitrogens with one attached hydrogen (secondary N) is 1. The first kappa shape index (κ1) is 18.5. The summed E-state index contributed by atoms with van der Waals surface area (Å²) in [6.07, 6.45) is 0.192. The van der Waals surface area contributed by atoms with Crippen LogP contribution in [0.1, 0.15) is 32.8 Å². The van der Waals surface area contributed by atoms with Crippen molar-refractivity contribution < 1.29 is 9.59 Å². The van der Waals surface area contributed by atoms with E-state index in [1.165, 1.54) is 5.56 Å². The molecule has 1 aliphatic rings. The van der Waals surface area contributed by atoms with Crippen molar-refractivity contribution >= 4 is 34.8 Å². The van der Waals surface area contributed by atoms with Crippen molar-refractivity contribution in [2.75, 3.05) is 16.8 Å². The fourth-order valence-electron chi connectivity index (χ4n) is 3.08. The quantitative estimate of drug-likeness (QED) is 0.856. The van der Waals surface area contributed by atoms with E-state index in [-0.39, 0.29) is 29.6 Å². The molecule has 0 bridgehead atoms. The van der Waals surface area contributed by atoms with E-state index in [2.05, 4.69) is 26.1 Å². The molecule has 1 N–H and O–H groups in total. The molecule has 1 saturated heterocycles. The Morgan fingerprint density at radius 1 is 1.12 bits per heavy atom. The first-order chi connectivity index (χ1) is 12.3. The fraction of sp³-hybridized carbons (Fsp3) is 0.333. The van der Waals surface area contributed by atoms with Gasteiger partial charge in [0.2, 0.25) is 11.8 Å². The normalized spacial score (nSPS) is 17.5. The Morgan fingerprint density at radius 2 is 1.77 bits per heavy atom. The molecule has 2 amide bonds. The zero-order valence-electron chi connectivity index (χ0n) is 15.3. The van der Waals surface area contributed by atoms with Crippen LogP contribution in [-0.2, 0) is 15.0 Å². The minimum absolute atomic E-state index is 0.0653. The molecule has 0 spiro atoms. The summed E-state index contributed by atoms with van der Waals surface area (Å²) in [5.41, 5.74) is 2.67. The monoisotopic (exact) mass is 370 g/mol. The lowest BCUT2D eigenvalue weighted by molar-refractivity contribution is -0.122. The van der Waals surface area contributed by atoms with Crippen molar-refractivity contribution in [3.63, 3.8) is 0 Å². The number of anilines is 2. The van der Waals surface area contributed by atoms with Gasteiger partial charge in [-0.25, -0.2) is 0 Å². The van der Waals surface area contributed by atoms with Crippen LogP contribution in [0.4, 0.5) is 11.4 Å². The zero-order valence-corrected chi connectivity index (χ0v) is 16.0. The van der Waals surface area contributed by atoms with Crippen molar-refractivity contribution in [1.29, 1.82) is 0 Å². The van der Waals surface area contributed by atoms with Gasteiger partial charge in [0.15, 0.2) is 0 Å². The molecule has 0 saturated carbocycles. The second-order valence-electron chi connectivity index (χ2n) is 7.67. The standard InChI is InChI=1S/C21H23ClN2O2/c1-21(2,3)15-8-10-16(11-9-15)23-20(26)14-12-19(25)24(13-14)18-7-5-4-6-17(18)22/h4-11,14H,12-13H2,1-3H3,(H,23,26). The number of halogens is 1. The third kappa shape index (κ3) is 3.91. The van der Waals surface area contributed by atoms with Gasteiger partial charge in [-0.2, -0.15) is 0 Å². The first-order valence-corrected chi connectivity index (χ1v) is 9.10. The van der Waals surface area contributed by atoms with Crippen LogP contribution >= 0.6 is 11.6 Å². The first-order valence-electron chi connectivity index (χ1n) is 8.72. The Balaban J connectivity index is 1.68. The molecule has 1 unspecified atom stereocenters. The summed E-state index contributed by atoms with van der Waals surface area (Å²) in [4.78, 5) is 26.5. The van der Waals surface area contributed by atoms with Gasteiger partial charge in [-0.3, -0.25) is 9.59 Å². The van der Waals surface area contributed by atoms with Gasteiger partial charge in [0, 0.05) is 18.7 Å². The predicted octanol–water partition coefficient (Wildman–Crippen LogP) is 4.63. The van der Waals surface area contributed by atoms with Crippen LogP contribution in [0.5, 0.6) is 0 Å². The third-order valence-electron chi connectivity index (χ3n) is 4.66. The van der Waals surface area contributed by atoms with Crippen LogP contribution < -0.4 is 10.2 Å². The van der Waals surface area contributed by atoms with E-state index in [9.17, 15) is 9.59 Å². The number of rotatable bonds is 3. The molecule has 1 heterocycles. The van der Waals surface area contributed by atoms with E-state index in [1.54, 1.807) is 17.0 Å². The molecule has 2 aromatic carbocycles. The summed E-state index contributed by atoms with van der Waals surface area (Å²) in [7, 11) is 0. The Labute approximate surface area is 159 Å². The van der Waals surface area contributed by atoms with E-state index < -0.39 is 0 Å². The van der Waals surface area contributed by atoms with Gasteiger partial charge >= 0.3 is 0 Å². The van der Waals surface area contributed by atoms with Gasteiger partial charge in [-0.1, -0.05) is 56.6 Å². The number of hydrogen-bond acceptors (Lipinski definition) is 2. The largest absolute Gasteiger partial charge is 0.326 e. The maximum Gasteiger partial charge on any atom is 0.229 e. The lowest BCUT2D eigenvalue weighted by atomic mass is 9.87. The van der Waals surface area contributed by atoms with Crippen LogP contribution in [0.25, 0.3) is 0 Å². The molecule has 5 heteroatoms. The fourth-order valence-corrected chi connectivity index (χ4v) is 3.32. The van der Waals surface area contributed by atoms with E-state index >= 15 is 0 Å². The van der Waals surface area contributed by atoms with Gasteiger partial charge < -0.3 is 10.2 Å². The lowest BCUT2D eigenvalue weighted by Gasteiger charge is -2.20. The van der Waals surface area contributed by atoms with Crippen molar-refractivity contribution in [2.24, 2.45) is 5.92 Å². The van der Waals surface area contributed by atoms with Gasteiger partial charge in [0.05, 0.1) is 16.6 Å². The van der Waals surface area contributed by atoms with E-state index in [0.717, 1.165) is 5.69 Å². The summed E-state index contributed by atoms with van der Waals surface area (Å²) in [6.45, 7) is 6.78. The van der Waals surface area contributed by atoms with Gasteiger partial charge in [-0.05, 0) is 35.2 Å². The van der Waals surface area contributed by atoms with Crippen LogP contribution in [0.3, 0.4) is 0 Å². The van der Waals surface area contributed by atoms with Gasteiger partial charge in [0.1, 0.15) is 0 Å². The average Bonchev–Trinajstić information content (AvgIpc) is 2.97. The Bertz CT molecular complexity index is 825. The molecule has 0 aliphatic carbocycles. The lowest BCUT2D eigenvalue weighted by Crippen LogP contribution is -2.28. The van der Waals surface area contributed by atoms with Crippen LogP contribution in [0.2, 0.25) is 5.02 Å². The maximum atomic E-state index is 12.6. The van der Waals surface area contributed by atoms with Crippen LogP contribution in [0.15, 0.2) is 48.5 Å². The number of nitrogens with zero attached hydrogens (tertiary/aromatic N) is 1. The smallest absolute Gasteiger partial charge is 0.229 e. The summed E-state index contributed by atoms with van der Waals surface area (Å²) in [6, 6.07) is 15.0. The summed E-state index contributed by atoms with van der Waals surface area (Å²) >= 11 is 6.18. The van der Waals surface area contributed by atoms with Gasteiger partial charge in [-0.15, -0.1) is 0 Å². The minimum atomic E-state index is -0.388. The van der Waals surface area contributed by atoms with Gasteiger partial charge in [0.25, 0.3) is 0 Å². The molecule has 2 aromatic rings. The maximum absolute atomic E-state index is 12.6. The number of benzene rings is 2. The highest BCUT2D eigenvalue weighted by atomic mass is 35.5. The highest BCUT2D eigenvalue weighted by Gasteiger charge is 2.35. The average molecular weight is 371 g/mol. The molecule has 0 aromatic heterocycles. The number of para-hydroxylation sites is 1. The molecule has 1 aliphatic heterocycles. The van der Waals surface area contributed by atoms with Crippen molar-refractivity contribution in [3.05, 3.63) is 59.1 Å². The Hall–Kier alpha value is -2.33. The van der Waals surface area contributed by atoms with Crippen molar-refractivity contribution in [2.45, 2.75) is 32.6 Å². The van der Waals surface area contributed by atoms with E-state index in [0.29, 0.717) is 17.3 Å². The van der Waals surface area contributed by atoms with Crippen molar-refractivity contribution in [1.82, 2.24) is 0 Å². The van der Waals surface area contributed by atoms with Crippen LogP contribution in [0, 0.1) is 5.92 Å². The summed E-state index contributed by atoms with van der Waals surface area (Å²) in [5, 5.41) is 3.43. The van der Waals surface area contributed by atoms with Crippen molar-refractivity contribution in [3.8, 4) is 0 Å². The molecular weight excluding hydrogens is 348 g/mol. The number of amides is 2. The molecule has 1 fully saturated rings. The highest BCUT2D eigenvalue weighted by molar-refractivity contribution is 6.33. The number of carbonyl (C=O) groups excluding carboxylic acids is 2. The molecule has 1 atom stereocenters. The van der Waals surface area contributed by atoms with Crippen LogP contribution in [-0.4, -0.2) is 18.4 Å². The highest BCUT2D eigenvalue weighted by Crippen LogP contribution is 2.31. The second-order valence-corrected chi connectivity index (χ2v) is 8.08. The Kier molecular flexibility index (Phi) is 5.05. The summed E-state index contributed by atoms with van der Waals surface area (Å²) in [5.74, 6) is -0.612. The zero-order chi connectivity index (χ0) is 18.9. The molecular formula is C21H23ClN2O2. The molecule has 0 radical (unpaired) electrons. The topological polar surface area (TPSA) is 49.4 Å².